The molecular formula is C16H13N4O5S-. The molecule has 0 bridgehead atoms. The van der Waals surface area contributed by atoms with Crippen molar-refractivity contribution < 1.29 is 18.5 Å². The molecule has 26 heavy (non-hydrogen) atoms. The van der Waals surface area contributed by atoms with Crippen molar-refractivity contribution in [3.05, 3.63) is 64.5 Å². The zero-order chi connectivity index (χ0) is 18.7. The highest BCUT2D eigenvalue weighted by Crippen LogP contribution is 2.24. The van der Waals surface area contributed by atoms with Crippen LogP contribution in [0.15, 0.2) is 48.8 Å². The summed E-state index contributed by atoms with van der Waals surface area (Å²) >= 11 is -2.23. The van der Waals surface area contributed by atoms with Crippen molar-refractivity contribution in [3.63, 3.8) is 0 Å². The van der Waals surface area contributed by atoms with Crippen LogP contribution in [0.1, 0.15) is 5.56 Å². The van der Waals surface area contributed by atoms with Crippen molar-refractivity contribution in [1.82, 2.24) is 9.55 Å². The number of imidazole rings is 1. The maximum absolute atomic E-state index is 12.3. The number of nitro groups is 1. The number of rotatable bonds is 6. The van der Waals surface area contributed by atoms with Gasteiger partial charge in [-0.2, -0.15) is 0 Å². The Kier molecular flexibility index (Phi) is 5.05. The Labute approximate surface area is 150 Å². The number of nitrogens with zero attached hydrogens (tertiary/aromatic N) is 3. The minimum absolute atomic E-state index is 0.132. The van der Waals surface area contributed by atoms with Gasteiger partial charge in [-0.3, -0.25) is 19.1 Å². The Bertz CT molecular complexity index is 1020. The summed E-state index contributed by atoms with van der Waals surface area (Å²) in [6, 6.07) is 11.0. The quantitative estimate of drug-likeness (QED) is 0.399. The molecule has 9 nitrogen and oxygen atoms in total. The SMILES string of the molecule is O=C(Cn1cnc2cccc([N+](=O)[O-])c21)Nc1cccc(CS(=O)[O-])c1. The van der Waals surface area contributed by atoms with Crippen LogP contribution in [0.2, 0.25) is 0 Å². The van der Waals surface area contributed by atoms with Crippen LogP contribution < -0.4 is 5.32 Å². The van der Waals surface area contributed by atoms with Crippen LogP contribution >= 0.6 is 0 Å². The first-order chi connectivity index (χ1) is 12.4. The molecule has 0 aliphatic heterocycles. The summed E-state index contributed by atoms with van der Waals surface area (Å²) in [4.78, 5) is 27.0. The van der Waals surface area contributed by atoms with E-state index < -0.39 is 21.9 Å². The normalized spacial score (nSPS) is 12.0. The molecule has 1 N–H and O–H groups in total. The van der Waals surface area contributed by atoms with Crippen LogP contribution in [0.3, 0.4) is 0 Å². The second-order valence-electron chi connectivity index (χ2n) is 5.47. The summed E-state index contributed by atoms with van der Waals surface area (Å²) in [7, 11) is 0. The zero-order valence-electron chi connectivity index (χ0n) is 13.3. The molecule has 3 rings (SSSR count). The van der Waals surface area contributed by atoms with Gasteiger partial charge in [-0.15, -0.1) is 0 Å². The van der Waals surface area contributed by atoms with Gasteiger partial charge >= 0.3 is 0 Å². The Hall–Kier alpha value is -3.11. The van der Waals surface area contributed by atoms with Gasteiger partial charge in [0, 0.05) is 17.5 Å². The second kappa shape index (κ2) is 7.42. The molecule has 2 aromatic carbocycles. The van der Waals surface area contributed by atoms with E-state index in [0.29, 0.717) is 16.8 Å². The first kappa shape index (κ1) is 17.7. The molecule has 1 unspecified atom stereocenters. The van der Waals surface area contributed by atoms with Crippen LogP contribution in [0, 0.1) is 10.1 Å². The fraction of sp³-hybridized carbons (Fsp3) is 0.125. The van der Waals surface area contributed by atoms with E-state index >= 15 is 0 Å². The highest BCUT2D eigenvalue weighted by molar-refractivity contribution is 7.78. The molecule has 10 heteroatoms. The molecule has 0 saturated carbocycles. The molecule has 134 valence electrons. The number of hydrogen-bond acceptors (Lipinski definition) is 6. The fourth-order valence-corrected chi connectivity index (χ4v) is 3.06. The molecule has 0 aliphatic carbocycles. The molecule has 1 atom stereocenters. The van der Waals surface area contributed by atoms with Crippen LogP contribution in [0.25, 0.3) is 11.0 Å². The Morgan fingerprint density at radius 1 is 1.27 bits per heavy atom. The highest BCUT2D eigenvalue weighted by Gasteiger charge is 2.17. The largest absolute Gasteiger partial charge is 0.772 e. The summed E-state index contributed by atoms with van der Waals surface area (Å²) in [6.07, 6.45) is 1.37. The van der Waals surface area contributed by atoms with E-state index in [9.17, 15) is 23.7 Å². The van der Waals surface area contributed by atoms with Crippen molar-refractivity contribution in [2.45, 2.75) is 12.3 Å². The number of benzene rings is 2. The maximum Gasteiger partial charge on any atom is 0.295 e. The van der Waals surface area contributed by atoms with Crippen molar-refractivity contribution in [1.29, 1.82) is 0 Å². The van der Waals surface area contributed by atoms with Gasteiger partial charge in [0.15, 0.2) is 0 Å². The lowest BCUT2D eigenvalue weighted by molar-refractivity contribution is -0.383. The Morgan fingerprint density at radius 2 is 2.04 bits per heavy atom. The predicted molar refractivity (Wildman–Crippen MR) is 94.1 cm³/mol. The molecule has 0 fully saturated rings. The van der Waals surface area contributed by atoms with E-state index in [-0.39, 0.29) is 23.5 Å². The van der Waals surface area contributed by atoms with E-state index in [4.69, 9.17) is 0 Å². The number of nitro benzene ring substituents is 1. The van der Waals surface area contributed by atoms with E-state index in [1.54, 1.807) is 30.3 Å². The number of aromatic nitrogens is 2. The monoisotopic (exact) mass is 373 g/mol. The number of carbonyl (C=O) groups excluding carboxylic acids is 1. The van der Waals surface area contributed by atoms with Gasteiger partial charge in [0.05, 0.1) is 16.8 Å². The van der Waals surface area contributed by atoms with Gasteiger partial charge in [0.25, 0.3) is 5.69 Å². The topological polar surface area (TPSA) is 130 Å². The standard InChI is InChI=1S/C16H14N4O5S/c21-15(18-12-4-1-3-11(7-12)9-26(24)25)8-19-10-17-13-5-2-6-14(16(13)19)20(22)23/h1-7,10H,8-9H2,(H,18,21)(H,24,25)/p-1. The maximum atomic E-state index is 12.3. The van der Waals surface area contributed by atoms with Crippen molar-refractivity contribution in [3.8, 4) is 0 Å². The average Bonchev–Trinajstić information content (AvgIpc) is 2.97. The number of nitrogens with one attached hydrogen (secondary N) is 1. The third-order valence-corrected chi connectivity index (χ3v) is 4.19. The Balaban J connectivity index is 1.80. The number of hydrogen-bond donors (Lipinski definition) is 1. The lowest BCUT2D eigenvalue weighted by atomic mass is 10.2. The number of non-ortho nitro benzene ring substituents is 1. The summed E-state index contributed by atoms with van der Waals surface area (Å²) in [5.41, 5.74) is 1.54. The van der Waals surface area contributed by atoms with Crippen molar-refractivity contribution in [2.75, 3.05) is 5.32 Å². The lowest BCUT2D eigenvalue weighted by Gasteiger charge is -2.09. The molecule has 0 saturated heterocycles. The average molecular weight is 373 g/mol. The minimum Gasteiger partial charge on any atom is -0.772 e. The number of para-hydroxylation sites is 1. The van der Waals surface area contributed by atoms with Crippen LogP contribution in [0.4, 0.5) is 11.4 Å². The predicted octanol–water partition coefficient (Wildman–Crippen LogP) is 1.96. The number of anilines is 1. The molecule has 1 heterocycles. The first-order valence-corrected chi connectivity index (χ1v) is 8.71. The fourth-order valence-electron chi connectivity index (χ4n) is 2.60. The van der Waals surface area contributed by atoms with Crippen LogP contribution in [0.5, 0.6) is 0 Å². The smallest absolute Gasteiger partial charge is 0.295 e. The third-order valence-electron chi connectivity index (χ3n) is 3.62. The number of amides is 1. The summed E-state index contributed by atoms with van der Waals surface area (Å²) in [5.74, 6) is -0.565. The zero-order valence-corrected chi connectivity index (χ0v) is 14.1. The van der Waals surface area contributed by atoms with E-state index in [2.05, 4.69) is 10.3 Å². The molecule has 3 aromatic rings. The van der Waals surface area contributed by atoms with Gasteiger partial charge in [-0.1, -0.05) is 29.3 Å². The molecule has 0 spiro atoms. The molecule has 1 aromatic heterocycles. The van der Waals surface area contributed by atoms with Gasteiger partial charge in [0.1, 0.15) is 12.1 Å². The second-order valence-corrected chi connectivity index (χ2v) is 6.37. The Morgan fingerprint density at radius 3 is 2.77 bits per heavy atom. The first-order valence-electron chi connectivity index (χ1n) is 7.47. The van der Waals surface area contributed by atoms with E-state index in [1.165, 1.54) is 23.0 Å². The minimum atomic E-state index is -2.23. The van der Waals surface area contributed by atoms with E-state index in [0.717, 1.165) is 0 Å². The molecular weight excluding hydrogens is 360 g/mol. The summed E-state index contributed by atoms with van der Waals surface area (Å²) in [5, 5.41) is 13.8. The van der Waals surface area contributed by atoms with E-state index in [1.807, 2.05) is 0 Å². The van der Waals surface area contributed by atoms with Crippen molar-refractivity contribution >= 4 is 39.4 Å². The van der Waals surface area contributed by atoms with Gasteiger partial charge in [0.2, 0.25) is 5.91 Å². The van der Waals surface area contributed by atoms with Crippen LogP contribution in [-0.2, 0) is 28.2 Å². The summed E-state index contributed by atoms with van der Waals surface area (Å²) in [6.45, 7) is -0.168. The molecule has 0 aliphatic rings. The van der Waals surface area contributed by atoms with Gasteiger partial charge in [-0.25, -0.2) is 4.98 Å². The molecule has 0 radical (unpaired) electrons. The highest BCUT2D eigenvalue weighted by atomic mass is 32.2. The lowest BCUT2D eigenvalue weighted by Crippen LogP contribution is -2.18. The molecule has 1 amide bonds. The van der Waals surface area contributed by atoms with Crippen molar-refractivity contribution in [2.24, 2.45) is 0 Å². The third kappa shape index (κ3) is 3.92. The number of fused-ring (bicyclic) bond motifs is 1. The van der Waals surface area contributed by atoms with Gasteiger partial charge < -0.3 is 14.4 Å². The van der Waals surface area contributed by atoms with Crippen LogP contribution in [-0.4, -0.2) is 29.1 Å². The van der Waals surface area contributed by atoms with Gasteiger partial charge in [-0.05, 0) is 23.8 Å². The summed E-state index contributed by atoms with van der Waals surface area (Å²) < 4.78 is 22.9. The number of carbonyl (C=O) groups is 1.